The zero-order valence-electron chi connectivity index (χ0n) is 6.14. The minimum absolute atomic E-state index is 0. The molecule has 0 aromatic heterocycles. The van der Waals surface area contributed by atoms with Gasteiger partial charge in [0.1, 0.15) is 0 Å². The normalized spacial score (nSPS) is 7.70. The third-order valence-electron chi connectivity index (χ3n) is 0.703. The molecule has 0 bridgehead atoms. The van der Waals surface area contributed by atoms with Crippen molar-refractivity contribution in [1.82, 2.24) is 5.32 Å². The van der Waals surface area contributed by atoms with Crippen LogP contribution in [0.1, 0.15) is 13.3 Å². The van der Waals surface area contributed by atoms with Crippen LogP contribution < -0.4 is 40.0 Å². The van der Waals surface area contributed by atoms with E-state index in [-0.39, 0.29) is 48.4 Å². The number of carboxylic acids is 1. The maximum Gasteiger partial charge on any atom is 1.00 e. The second-order valence-electron chi connectivity index (χ2n) is 1.60. The number of carboxylic acid groups (broad SMARTS) is 1. The van der Waals surface area contributed by atoms with E-state index in [1.165, 1.54) is 6.92 Å². The quantitative estimate of drug-likeness (QED) is 0.414. The van der Waals surface area contributed by atoms with Crippen molar-refractivity contribution < 1.29 is 44.3 Å². The molecule has 5 heteroatoms. The Labute approximate surface area is 81.3 Å². The van der Waals surface area contributed by atoms with Crippen LogP contribution in [-0.2, 0) is 9.59 Å². The SMILES string of the molecule is CC(=O)NCCC(=O)[O-].[Na+]. The summed E-state index contributed by atoms with van der Waals surface area (Å²) in [6.45, 7) is 1.48. The van der Waals surface area contributed by atoms with E-state index in [4.69, 9.17) is 0 Å². The summed E-state index contributed by atoms with van der Waals surface area (Å²) in [6.07, 6.45) is -0.125. The Bertz CT molecular complexity index is 112. The Morgan fingerprint density at radius 3 is 2.30 bits per heavy atom. The van der Waals surface area contributed by atoms with E-state index in [2.05, 4.69) is 5.32 Å². The molecule has 0 aromatic rings. The number of nitrogens with one attached hydrogen (secondary N) is 1. The maximum absolute atomic E-state index is 10.1. The monoisotopic (exact) mass is 153 g/mol. The standard InChI is InChI=1S/C5H9NO3.Na/c1-4(7)6-3-2-5(8)9;/h2-3H2,1H3,(H,6,7)(H,8,9);/q;+1/p-1. The van der Waals surface area contributed by atoms with Crippen molar-refractivity contribution >= 4 is 11.9 Å². The Morgan fingerprint density at radius 1 is 1.50 bits per heavy atom. The molecular weight excluding hydrogens is 145 g/mol. The van der Waals surface area contributed by atoms with Crippen LogP contribution in [0.5, 0.6) is 0 Å². The fraction of sp³-hybridized carbons (Fsp3) is 0.600. The molecule has 0 radical (unpaired) electrons. The molecule has 1 amide bonds. The van der Waals surface area contributed by atoms with Crippen molar-refractivity contribution in [1.29, 1.82) is 0 Å². The molecule has 0 aliphatic rings. The Hall–Kier alpha value is -0.0600. The van der Waals surface area contributed by atoms with Gasteiger partial charge in [0.15, 0.2) is 0 Å². The maximum atomic E-state index is 10.1. The summed E-state index contributed by atoms with van der Waals surface area (Å²) in [6, 6.07) is 0. The molecule has 0 aliphatic heterocycles. The summed E-state index contributed by atoms with van der Waals surface area (Å²) in [5.41, 5.74) is 0. The largest absolute Gasteiger partial charge is 1.00 e. The molecule has 0 unspecified atom stereocenters. The topological polar surface area (TPSA) is 69.2 Å². The molecule has 0 heterocycles. The Kier molecular flexibility index (Phi) is 8.89. The van der Waals surface area contributed by atoms with Crippen molar-refractivity contribution in [2.24, 2.45) is 0 Å². The summed E-state index contributed by atoms with van der Waals surface area (Å²) in [4.78, 5) is 19.8. The molecule has 0 atom stereocenters. The molecule has 0 fully saturated rings. The van der Waals surface area contributed by atoms with Crippen LogP contribution >= 0.6 is 0 Å². The molecule has 10 heavy (non-hydrogen) atoms. The zero-order chi connectivity index (χ0) is 7.28. The fourth-order valence-corrected chi connectivity index (χ4v) is 0.341. The van der Waals surface area contributed by atoms with Gasteiger partial charge in [-0.3, -0.25) is 4.79 Å². The van der Waals surface area contributed by atoms with E-state index in [0.717, 1.165) is 0 Å². The molecule has 0 aliphatic carbocycles. The van der Waals surface area contributed by atoms with Crippen LogP contribution in [0.15, 0.2) is 0 Å². The molecule has 1 N–H and O–H groups in total. The van der Waals surface area contributed by atoms with Crippen LogP contribution in [0.3, 0.4) is 0 Å². The van der Waals surface area contributed by atoms with Gasteiger partial charge in [0.05, 0.1) is 0 Å². The van der Waals surface area contributed by atoms with E-state index in [9.17, 15) is 14.7 Å². The molecule has 4 nitrogen and oxygen atoms in total. The Balaban J connectivity index is 0. The molecular formula is C5H8NNaO3. The minimum Gasteiger partial charge on any atom is -0.550 e. The van der Waals surface area contributed by atoms with Crippen molar-refractivity contribution in [3.05, 3.63) is 0 Å². The summed E-state index contributed by atoms with van der Waals surface area (Å²) in [5, 5.41) is 12.0. The average Bonchev–Trinajstić information content (AvgIpc) is 1.63. The van der Waals surface area contributed by atoms with Gasteiger partial charge in [-0.1, -0.05) is 0 Å². The number of carbonyl (C=O) groups excluding carboxylic acids is 2. The van der Waals surface area contributed by atoms with Crippen LogP contribution in [0.4, 0.5) is 0 Å². The van der Waals surface area contributed by atoms with Gasteiger partial charge in [-0.2, -0.15) is 0 Å². The van der Waals surface area contributed by atoms with Gasteiger partial charge < -0.3 is 15.2 Å². The van der Waals surface area contributed by atoms with E-state index in [1.54, 1.807) is 0 Å². The fourth-order valence-electron chi connectivity index (χ4n) is 0.341. The third kappa shape index (κ3) is 10.8. The number of aliphatic carboxylic acids is 1. The number of rotatable bonds is 3. The minimum atomic E-state index is -1.15. The molecule has 0 saturated carbocycles. The number of carbonyl (C=O) groups is 2. The summed E-state index contributed by atoms with van der Waals surface area (Å²) in [7, 11) is 0. The van der Waals surface area contributed by atoms with Gasteiger partial charge in [-0.05, 0) is 0 Å². The first kappa shape index (κ1) is 12.6. The van der Waals surface area contributed by atoms with Crippen molar-refractivity contribution in [2.45, 2.75) is 13.3 Å². The number of amides is 1. The van der Waals surface area contributed by atoms with Gasteiger partial charge in [-0.15, -0.1) is 0 Å². The van der Waals surface area contributed by atoms with Crippen LogP contribution in [0, 0.1) is 0 Å². The summed E-state index contributed by atoms with van der Waals surface area (Å²) < 4.78 is 0. The van der Waals surface area contributed by atoms with E-state index in [1.807, 2.05) is 0 Å². The van der Waals surface area contributed by atoms with Crippen molar-refractivity contribution in [3.63, 3.8) is 0 Å². The second kappa shape index (κ2) is 7.05. The van der Waals surface area contributed by atoms with Gasteiger partial charge in [-0.25, -0.2) is 0 Å². The van der Waals surface area contributed by atoms with Crippen LogP contribution in [0.25, 0.3) is 0 Å². The zero-order valence-corrected chi connectivity index (χ0v) is 8.14. The van der Waals surface area contributed by atoms with Gasteiger partial charge in [0, 0.05) is 25.9 Å². The van der Waals surface area contributed by atoms with E-state index >= 15 is 0 Å². The Morgan fingerprint density at radius 2 is 2.00 bits per heavy atom. The van der Waals surface area contributed by atoms with Gasteiger partial charge in [0.2, 0.25) is 5.91 Å². The van der Waals surface area contributed by atoms with Gasteiger partial charge >= 0.3 is 29.6 Å². The molecule has 0 aromatic carbocycles. The van der Waals surface area contributed by atoms with Crippen molar-refractivity contribution in [2.75, 3.05) is 6.54 Å². The third-order valence-corrected chi connectivity index (χ3v) is 0.703. The summed E-state index contributed by atoms with van der Waals surface area (Å²) in [5.74, 6) is -1.37. The number of hydrogen-bond donors (Lipinski definition) is 1. The molecule has 0 rings (SSSR count). The van der Waals surface area contributed by atoms with E-state index < -0.39 is 5.97 Å². The summed E-state index contributed by atoms with van der Waals surface area (Å²) >= 11 is 0. The first-order chi connectivity index (χ1) is 4.13. The first-order valence-electron chi connectivity index (χ1n) is 2.57. The van der Waals surface area contributed by atoms with Crippen molar-refractivity contribution in [3.8, 4) is 0 Å². The molecule has 0 spiro atoms. The first-order valence-corrected chi connectivity index (χ1v) is 2.57. The van der Waals surface area contributed by atoms with E-state index in [0.29, 0.717) is 0 Å². The van der Waals surface area contributed by atoms with Gasteiger partial charge in [0.25, 0.3) is 0 Å². The smallest absolute Gasteiger partial charge is 0.550 e. The van der Waals surface area contributed by atoms with Crippen LogP contribution in [-0.4, -0.2) is 18.4 Å². The molecule has 0 saturated heterocycles. The molecule has 52 valence electrons. The average molecular weight is 153 g/mol. The predicted molar refractivity (Wildman–Crippen MR) is 28.3 cm³/mol. The predicted octanol–water partition coefficient (Wildman–Crippen LogP) is -4.73. The number of hydrogen-bond acceptors (Lipinski definition) is 3. The second-order valence-corrected chi connectivity index (χ2v) is 1.60. The van der Waals surface area contributed by atoms with Crippen LogP contribution in [0.2, 0.25) is 0 Å².